The third kappa shape index (κ3) is 2.15. The van der Waals surface area contributed by atoms with Gasteiger partial charge in [-0.3, -0.25) is 0 Å². The summed E-state index contributed by atoms with van der Waals surface area (Å²) < 4.78 is 2.15. The molecule has 0 radical (unpaired) electrons. The Bertz CT molecular complexity index is 689. The Hall–Kier alpha value is -2.08. The van der Waals surface area contributed by atoms with E-state index >= 15 is 0 Å². The van der Waals surface area contributed by atoms with Crippen molar-refractivity contribution in [3.05, 3.63) is 47.3 Å². The van der Waals surface area contributed by atoms with Crippen LogP contribution in [0.3, 0.4) is 0 Å². The number of fused-ring (bicyclic) bond motifs is 1. The first kappa shape index (κ1) is 12.6. The van der Waals surface area contributed by atoms with Crippen molar-refractivity contribution in [1.29, 1.82) is 5.26 Å². The van der Waals surface area contributed by atoms with Gasteiger partial charge in [0.15, 0.2) is 0 Å². The van der Waals surface area contributed by atoms with E-state index in [0.29, 0.717) is 18.3 Å². The fourth-order valence-electron chi connectivity index (χ4n) is 3.58. The summed E-state index contributed by atoms with van der Waals surface area (Å²) in [6.07, 6.45) is 6.55. The fraction of sp³-hybridized carbons (Fsp3) is 0.444. The van der Waals surface area contributed by atoms with E-state index in [9.17, 15) is 0 Å². The maximum absolute atomic E-state index is 9.14. The highest BCUT2D eigenvalue weighted by Gasteiger charge is 2.36. The molecule has 0 spiro atoms. The molecule has 0 N–H and O–H groups in total. The van der Waals surface area contributed by atoms with Gasteiger partial charge in [-0.05, 0) is 44.2 Å². The Kier molecular flexibility index (Phi) is 3.03. The molecule has 1 atom stereocenters. The number of hydrogen-bond acceptors (Lipinski definition) is 2. The van der Waals surface area contributed by atoms with Gasteiger partial charge in [-0.2, -0.15) is 10.4 Å². The van der Waals surface area contributed by atoms with Crippen LogP contribution in [0.4, 0.5) is 0 Å². The number of hydrogen-bond donors (Lipinski definition) is 0. The van der Waals surface area contributed by atoms with Gasteiger partial charge in [0.2, 0.25) is 0 Å². The van der Waals surface area contributed by atoms with Crippen molar-refractivity contribution < 1.29 is 0 Å². The Labute approximate surface area is 125 Å². The van der Waals surface area contributed by atoms with E-state index in [0.717, 1.165) is 18.5 Å². The Morgan fingerprint density at radius 2 is 2.00 bits per heavy atom. The lowest BCUT2D eigenvalue weighted by Gasteiger charge is -2.22. The molecule has 0 amide bonds. The average molecular weight is 277 g/mol. The zero-order valence-electron chi connectivity index (χ0n) is 12.1. The summed E-state index contributed by atoms with van der Waals surface area (Å²) in [7, 11) is 0. The minimum atomic E-state index is 0.395. The molecule has 4 rings (SSSR count). The summed E-state index contributed by atoms with van der Waals surface area (Å²) in [5.74, 6) is 1.04. The lowest BCUT2D eigenvalue weighted by atomic mass is 9.82. The van der Waals surface area contributed by atoms with Crippen LogP contribution in [0.1, 0.15) is 60.9 Å². The van der Waals surface area contributed by atoms with Crippen LogP contribution in [-0.4, -0.2) is 9.78 Å². The van der Waals surface area contributed by atoms with Gasteiger partial charge in [-0.25, -0.2) is 4.68 Å². The molecule has 3 heteroatoms. The van der Waals surface area contributed by atoms with E-state index in [1.807, 2.05) is 6.07 Å². The first-order valence-electron chi connectivity index (χ1n) is 7.92. The van der Waals surface area contributed by atoms with Gasteiger partial charge < -0.3 is 0 Å². The van der Waals surface area contributed by atoms with E-state index < -0.39 is 0 Å². The van der Waals surface area contributed by atoms with Gasteiger partial charge in [-0.1, -0.05) is 18.2 Å². The number of nitriles is 1. The lowest BCUT2D eigenvalue weighted by molar-refractivity contribution is 0.548. The smallest absolute Gasteiger partial charge is 0.0697 e. The molecule has 1 aromatic carbocycles. The van der Waals surface area contributed by atoms with Crippen molar-refractivity contribution in [2.75, 3.05) is 0 Å². The van der Waals surface area contributed by atoms with E-state index in [1.165, 1.54) is 36.2 Å². The maximum Gasteiger partial charge on any atom is 0.0697 e. The summed E-state index contributed by atoms with van der Waals surface area (Å²) in [4.78, 5) is 0. The van der Waals surface area contributed by atoms with Crippen LogP contribution in [0.25, 0.3) is 5.69 Å². The summed E-state index contributed by atoms with van der Waals surface area (Å²) in [6, 6.07) is 12.8. The van der Waals surface area contributed by atoms with Gasteiger partial charge in [0, 0.05) is 29.5 Å². The Morgan fingerprint density at radius 3 is 2.71 bits per heavy atom. The van der Waals surface area contributed by atoms with Crippen LogP contribution in [0.2, 0.25) is 0 Å². The number of nitrogens with zero attached hydrogens (tertiary/aromatic N) is 3. The molecule has 1 fully saturated rings. The van der Waals surface area contributed by atoms with Crippen LogP contribution in [0.15, 0.2) is 30.3 Å². The quantitative estimate of drug-likeness (QED) is 0.848. The minimum Gasteiger partial charge on any atom is -0.237 e. The molecule has 0 saturated heterocycles. The number of rotatable bonds is 3. The second-order valence-corrected chi connectivity index (χ2v) is 6.22. The minimum absolute atomic E-state index is 0.395. The van der Waals surface area contributed by atoms with Crippen molar-refractivity contribution in [3.63, 3.8) is 0 Å². The second kappa shape index (κ2) is 5.04. The largest absolute Gasteiger partial charge is 0.237 e. The van der Waals surface area contributed by atoms with Gasteiger partial charge in [-0.15, -0.1) is 0 Å². The topological polar surface area (TPSA) is 41.6 Å². The van der Waals surface area contributed by atoms with Gasteiger partial charge in [0.25, 0.3) is 0 Å². The highest BCUT2D eigenvalue weighted by Crippen LogP contribution is 2.47. The fourth-order valence-corrected chi connectivity index (χ4v) is 3.58. The highest BCUT2D eigenvalue weighted by atomic mass is 15.3. The summed E-state index contributed by atoms with van der Waals surface area (Å²) in [5, 5.41) is 14.1. The zero-order chi connectivity index (χ0) is 14.2. The van der Waals surface area contributed by atoms with Crippen molar-refractivity contribution >= 4 is 0 Å². The molecule has 1 heterocycles. The Morgan fingerprint density at radius 1 is 1.19 bits per heavy atom. The van der Waals surface area contributed by atoms with Crippen LogP contribution in [0.5, 0.6) is 0 Å². The summed E-state index contributed by atoms with van der Waals surface area (Å²) >= 11 is 0. The molecule has 2 aliphatic carbocycles. The normalized spacial score (nSPS) is 20.8. The number of aromatic nitrogens is 2. The monoisotopic (exact) mass is 277 g/mol. The lowest BCUT2D eigenvalue weighted by Crippen LogP contribution is -2.12. The van der Waals surface area contributed by atoms with Crippen molar-refractivity contribution in [2.24, 2.45) is 0 Å². The molecule has 0 bridgehead atoms. The molecule has 2 aromatic rings. The van der Waals surface area contributed by atoms with Gasteiger partial charge >= 0.3 is 0 Å². The first-order chi connectivity index (χ1) is 10.4. The molecule has 21 heavy (non-hydrogen) atoms. The zero-order valence-corrected chi connectivity index (χ0v) is 12.1. The number of benzene rings is 1. The summed E-state index contributed by atoms with van der Waals surface area (Å²) in [5.41, 5.74) is 5.20. The van der Waals surface area contributed by atoms with E-state index in [2.05, 4.69) is 35.0 Å². The third-order valence-electron chi connectivity index (χ3n) is 4.73. The van der Waals surface area contributed by atoms with Crippen molar-refractivity contribution in [2.45, 2.75) is 50.4 Å². The second-order valence-electron chi connectivity index (χ2n) is 6.22. The summed E-state index contributed by atoms with van der Waals surface area (Å²) in [6.45, 7) is 0. The van der Waals surface area contributed by atoms with Gasteiger partial charge in [0.1, 0.15) is 0 Å². The molecule has 3 nitrogen and oxygen atoms in total. The molecule has 106 valence electrons. The Balaban J connectivity index is 1.86. The van der Waals surface area contributed by atoms with Crippen LogP contribution >= 0.6 is 0 Å². The van der Waals surface area contributed by atoms with Crippen LogP contribution < -0.4 is 0 Å². The highest BCUT2D eigenvalue weighted by molar-refractivity contribution is 5.43. The molecular weight excluding hydrogens is 258 g/mol. The maximum atomic E-state index is 9.14. The van der Waals surface area contributed by atoms with Crippen molar-refractivity contribution in [1.82, 2.24) is 9.78 Å². The molecule has 1 aromatic heterocycles. The molecule has 1 saturated carbocycles. The standard InChI is InChI=1S/C18H19N3/c19-12-11-13-5-4-8-16-17(13)18(14-9-10-14)20-21(16)15-6-2-1-3-7-15/h1-3,6-7,13-14H,4-5,8-11H2. The molecule has 1 unspecified atom stereocenters. The SMILES string of the molecule is N#CCC1CCCc2c1c(C1CC1)nn2-c1ccccc1. The van der Waals surface area contributed by atoms with Crippen molar-refractivity contribution in [3.8, 4) is 11.8 Å². The molecular formula is C18H19N3. The van der Waals surface area contributed by atoms with E-state index in [-0.39, 0.29) is 0 Å². The van der Waals surface area contributed by atoms with Crippen LogP contribution in [-0.2, 0) is 6.42 Å². The molecule has 0 aliphatic heterocycles. The predicted octanol–water partition coefficient (Wildman–Crippen LogP) is 4.08. The third-order valence-corrected chi connectivity index (χ3v) is 4.73. The van der Waals surface area contributed by atoms with E-state index in [4.69, 9.17) is 10.4 Å². The van der Waals surface area contributed by atoms with Gasteiger partial charge in [0.05, 0.1) is 17.5 Å². The average Bonchev–Trinajstić information content (AvgIpc) is 3.29. The first-order valence-corrected chi connectivity index (χ1v) is 7.92. The predicted molar refractivity (Wildman–Crippen MR) is 81.4 cm³/mol. The van der Waals surface area contributed by atoms with E-state index in [1.54, 1.807) is 0 Å². The number of para-hydroxylation sites is 1. The van der Waals surface area contributed by atoms with Crippen LogP contribution in [0, 0.1) is 11.3 Å². The molecule has 2 aliphatic rings.